The molecule has 2 aromatic rings. The quantitative estimate of drug-likeness (QED) is 0.408. The minimum Gasteiger partial charge on any atom is -0.351 e. The number of nitro groups is 1. The van der Waals surface area contributed by atoms with Crippen molar-refractivity contribution in [2.75, 3.05) is 6.54 Å². The first kappa shape index (κ1) is 19.3. The monoisotopic (exact) mass is 418 g/mol. The van der Waals surface area contributed by atoms with Crippen molar-refractivity contribution in [1.82, 2.24) is 10.7 Å². The number of rotatable bonds is 7. The number of carbonyl (C=O) groups excluding carboxylic acids is 2. The highest BCUT2D eigenvalue weighted by Gasteiger charge is 2.09. The van der Waals surface area contributed by atoms with Crippen molar-refractivity contribution in [1.29, 1.82) is 0 Å². The van der Waals surface area contributed by atoms with Gasteiger partial charge in [-0.1, -0.05) is 12.1 Å². The molecule has 8 nitrogen and oxygen atoms in total. The fourth-order valence-electron chi connectivity index (χ4n) is 1.95. The Kier molecular flexibility index (Phi) is 6.98. The summed E-state index contributed by atoms with van der Waals surface area (Å²) in [5.41, 5.74) is 3.41. The average molecular weight is 419 g/mol. The number of nitrogens with one attached hydrogen (secondary N) is 2. The molecule has 0 spiro atoms. The van der Waals surface area contributed by atoms with Gasteiger partial charge in [0.2, 0.25) is 5.91 Å². The van der Waals surface area contributed by atoms with E-state index >= 15 is 0 Å². The number of halogens is 1. The van der Waals surface area contributed by atoms with E-state index in [0.717, 1.165) is 0 Å². The first-order chi connectivity index (χ1) is 12.5. The number of hydrogen-bond acceptors (Lipinski definition) is 5. The number of benzene rings is 2. The molecule has 2 N–H and O–H groups in total. The zero-order valence-corrected chi connectivity index (χ0v) is 15.1. The van der Waals surface area contributed by atoms with E-state index in [0.29, 0.717) is 15.6 Å². The molecule has 0 fully saturated rings. The Morgan fingerprint density at radius 2 is 1.85 bits per heavy atom. The zero-order chi connectivity index (χ0) is 18.9. The molecule has 134 valence electrons. The van der Waals surface area contributed by atoms with Crippen molar-refractivity contribution in [3.05, 3.63) is 74.2 Å². The third-order valence-corrected chi connectivity index (χ3v) is 3.95. The van der Waals surface area contributed by atoms with E-state index in [1.54, 1.807) is 24.3 Å². The van der Waals surface area contributed by atoms with Crippen molar-refractivity contribution >= 4 is 39.6 Å². The molecule has 0 aliphatic carbocycles. The van der Waals surface area contributed by atoms with Gasteiger partial charge in [-0.25, -0.2) is 5.43 Å². The molecule has 0 aliphatic rings. The van der Waals surface area contributed by atoms with Gasteiger partial charge in [-0.05, 0) is 45.8 Å². The summed E-state index contributed by atoms with van der Waals surface area (Å²) in [4.78, 5) is 33.7. The standard InChI is InChI=1S/C17H15BrN4O4/c18-15-4-2-1-3-14(15)17(24)19-10-9-16(23)21-20-11-12-5-7-13(8-6-12)22(25)26/h1-8,11H,9-10H2,(H,19,24)(H,21,23). The van der Waals surface area contributed by atoms with Gasteiger partial charge in [-0.2, -0.15) is 5.10 Å². The lowest BCUT2D eigenvalue weighted by molar-refractivity contribution is -0.384. The van der Waals surface area contributed by atoms with Crippen LogP contribution < -0.4 is 10.7 Å². The van der Waals surface area contributed by atoms with E-state index in [2.05, 4.69) is 31.8 Å². The lowest BCUT2D eigenvalue weighted by Gasteiger charge is -2.06. The van der Waals surface area contributed by atoms with Crippen LogP contribution in [0.25, 0.3) is 0 Å². The summed E-state index contributed by atoms with van der Waals surface area (Å²) in [6, 6.07) is 12.7. The van der Waals surface area contributed by atoms with Gasteiger partial charge in [0.15, 0.2) is 0 Å². The molecular weight excluding hydrogens is 404 g/mol. The second-order valence-corrected chi connectivity index (χ2v) is 5.98. The predicted octanol–water partition coefficient (Wildman–Crippen LogP) is 2.63. The Bertz CT molecular complexity index is 837. The van der Waals surface area contributed by atoms with Crippen molar-refractivity contribution in [2.24, 2.45) is 5.10 Å². The van der Waals surface area contributed by atoms with Gasteiger partial charge in [-0.15, -0.1) is 0 Å². The van der Waals surface area contributed by atoms with Gasteiger partial charge < -0.3 is 5.32 Å². The van der Waals surface area contributed by atoms with Crippen LogP contribution in [0.4, 0.5) is 5.69 Å². The predicted molar refractivity (Wildman–Crippen MR) is 99.9 cm³/mol. The van der Waals surface area contributed by atoms with Crippen LogP contribution >= 0.6 is 15.9 Å². The Labute approximate surface area is 157 Å². The van der Waals surface area contributed by atoms with E-state index in [9.17, 15) is 19.7 Å². The molecule has 0 atom stereocenters. The van der Waals surface area contributed by atoms with Gasteiger partial charge in [-0.3, -0.25) is 19.7 Å². The van der Waals surface area contributed by atoms with Crippen LogP contribution in [0.2, 0.25) is 0 Å². The molecule has 0 heterocycles. The maximum Gasteiger partial charge on any atom is 0.269 e. The molecule has 0 saturated heterocycles. The number of amides is 2. The molecule has 0 radical (unpaired) electrons. The second kappa shape index (κ2) is 9.42. The highest BCUT2D eigenvalue weighted by molar-refractivity contribution is 9.10. The van der Waals surface area contributed by atoms with Crippen molar-refractivity contribution in [3.8, 4) is 0 Å². The van der Waals surface area contributed by atoms with Gasteiger partial charge in [0.05, 0.1) is 16.7 Å². The SMILES string of the molecule is O=C(CCNC(=O)c1ccccc1Br)NN=Cc1ccc([N+](=O)[O-])cc1. The van der Waals surface area contributed by atoms with Crippen LogP contribution in [-0.4, -0.2) is 29.5 Å². The summed E-state index contributed by atoms with van der Waals surface area (Å²) in [6.07, 6.45) is 1.44. The van der Waals surface area contributed by atoms with E-state index in [1.165, 1.54) is 30.5 Å². The van der Waals surface area contributed by atoms with Crippen LogP contribution in [0.1, 0.15) is 22.3 Å². The lowest BCUT2D eigenvalue weighted by atomic mass is 10.2. The summed E-state index contributed by atoms with van der Waals surface area (Å²) in [5, 5.41) is 17.0. The molecular formula is C17H15BrN4O4. The molecule has 9 heteroatoms. The topological polar surface area (TPSA) is 114 Å². The van der Waals surface area contributed by atoms with Crippen molar-refractivity contribution in [3.63, 3.8) is 0 Å². The summed E-state index contributed by atoms with van der Waals surface area (Å²) >= 11 is 3.29. The number of nitrogens with zero attached hydrogens (tertiary/aromatic N) is 2. The summed E-state index contributed by atoms with van der Waals surface area (Å²) < 4.78 is 0.676. The largest absolute Gasteiger partial charge is 0.351 e. The molecule has 0 aromatic heterocycles. The number of hydrazone groups is 1. The smallest absolute Gasteiger partial charge is 0.269 e. The molecule has 0 aliphatic heterocycles. The zero-order valence-electron chi connectivity index (χ0n) is 13.5. The molecule has 2 rings (SSSR count). The second-order valence-electron chi connectivity index (χ2n) is 5.13. The van der Waals surface area contributed by atoms with E-state index in [1.807, 2.05) is 0 Å². The molecule has 0 unspecified atom stereocenters. The highest BCUT2D eigenvalue weighted by Crippen LogP contribution is 2.15. The van der Waals surface area contributed by atoms with E-state index in [-0.39, 0.29) is 30.5 Å². The Balaban J connectivity index is 1.74. The van der Waals surface area contributed by atoms with E-state index < -0.39 is 4.92 Å². The number of non-ortho nitro benzene ring substituents is 1. The molecule has 2 aromatic carbocycles. The average Bonchev–Trinajstić information content (AvgIpc) is 2.62. The summed E-state index contributed by atoms with van der Waals surface area (Å²) in [5.74, 6) is -0.643. The summed E-state index contributed by atoms with van der Waals surface area (Å²) in [7, 11) is 0. The molecule has 0 bridgehead atoms. The van der Waals surface area contributed by atoms with Crippen molar-refractivity contribution < 1.29 is 14.5 Å². The normalized spacial score (nSPS) is 10.5. The van der Waals surface area contributed by atoms with Crippen LogP contribution in [0.3, 0.4) is 0 Å². The number of nitro benzene ring substituents is 1. The fourth-order valence-corrected chi connectivity index (χ4v) is 2.41. The van der Waals surface area contributed by atoms with Crippen LogP contribution in [0.5, 0.6) is 0 Å². The third-order valence-electron chi connectivity index (χ3n) is 3.26. The first-order valence-electron chi connectivity index (χ1n) is 7.56. The van der Waals surface area contributed by atoms with Gasteiger partial charge in [0, 0.05) is 29.6 Å². The van der Waals surface area contributed by atoms with Gasteiger partial charge >= 0.3 is 0 Å². The van der Waals surface area contributed by atoms with Gasteiger partial charge in [0.25, 0.3) is 11.6 Å². The third kappa shape index (κ3) is 5.78. The maximum atomic E-state index is 12.0. The Hall–Kier alpha value is -3.07. The van der Waals surface area contributed by atoms with Crippen molar-refractivity contribution in [2.45, 2.75) is 6.42 Å². The maximum absolute atomic E-state index is 12.0. The minimum absolute atomic E-state index is 0.0213. The molecule has 26 heavy (non-hydrogen) atoms. The number of carbonyl (C=O) groups is 2. The summed E-state index contributed by atoms with van der Waals surface area (Å²) in [6.45, 7) is 0.166. The lowest BCUT2D eigenvalue weighted by Crippen LogP contribution is -2.29. The van der Waals surface area contributed by atoms with Crippen LogP contribution in [0.15, 0.2) is 58.1 Å². The van der Waals surface area contributed by atoms with Crippen LogP contribution in [0, 0.1) is 10.1 Å². The number of hydrogen-bond donors (Lipinski definition) is 2. The minimum atomic E-state index is -0.495. The highest BCUT2D eigenvalue weighted by atomic mass is 79.9. The fraction of sp³-hybridized carbons (Fsp3) is 0.118. The Morgan fingerprint density at radius 3 is 2.50 bits per heavy atom. The first-order valence-corrected chi connectivity index (χ1v) is 8.36. The molecule has 2 amide bonds. The van der Waals surface area contributed by atoms with Crippen LogP contribution in [-0.2, 0) is 4.79 Å². The Morgan fingerprint density at radius 1 is 1.15 bits per heavy atom. The van der Waals surface area contributed by atoms with E-state index in [4.69, 9.17) is 0 Å². The van der Waals surface area contributed by atoms with Gasteiger partial charge in [0.1, 0.15) is 0 Å². The molecule has 0 saturated carbocycles.